The Labute approximate surface area is 173 Å². The smallest absolute Gasteiger partial charge is 0.205 e. The highest BCUT2D eigenvalue weighted by atomic mass is 32.1. The van der Waals surface area contributed by atoms with Gasteiger partial charge in [-0.05, 0) is 92.7 Å². The number of nitrogen functional groups attached to an aromatic ring is 1. The number of ketones is 1. The summed E-state index contributed by atoms with van der Waals surface area (Å²) in [5.41, 5.74) is 8.70. The van der Waals surface area contributed by atoms with Crippen LogP contribution in [0.5, 0.6) is 0 Å². The third-order valence-corrected chi connectivity index (χ3v) is 8.60. The van der Waals surface area contributed by atoms with E-state index in [4.69, 9.17) is 10.7 Å². The van der Waals surface area contributed by atoms with Gasteiger partial charge in [0.1, 0.15) is 15.5 Å². The zero-order valence-corrected chi connectivity index (χ0v) is 17.0. The molecule has 5 heteroatoms. The number of halogens is 1. The molecule has 148 valence electrons. The van der Waals surface area contributed by atoms with Gasteiger partial charge in [-0.25, -0.2) is 9.37 Å². The summed E-state index contributed by atoms with van der Waals surface area (Å²) in [7, 11) is 0. The third kappa shape index (κ3) is 2.67. The molecule has 4 bridgehead atoms. The van der Waals surface area contributed by atoms with E-state index in [0.717, 1.165) is 28.0 Å². The quantitative estimate of drug-likeness (QED) is 0.566. The summed E-state index contributed by atoms with van der Waals surface area (Å²) in [6.45, 7) is 0. The Bertz CT molecular complexity index is 1100. The molecular weight excluding hydrogens is 383 g/mol. The van der Waals surface area contributed by atoms with Crippen molar-refractivity contribution in [1.29, 1.82) is 0 Å². The highest BCUT2D eigenvalue weighted by molar-refractivity contribution is 7.21. The van der Waals surface area contributed by atoms with Crippen molar-refractivity contribution >= 4 is 33.0 Å². The third-order valence-electron chi connectivity index (χ3n) is 7.49. The molecule has 29 heavy (non-hydrogen) atoms. The fourth-order valence-corrected chi connectivity index (χ4v) is 7.67. The molecule has 4 saturated carbocycles. The van der Waals surface area contributed by atoms with E-state index >= 15 is 0 Å². The molecule has 0 aliphatic heterocycles. The minimum Gasteiger partial charge on any atom is -0.397 e. The van der Waals surface area contributed by atoms with Crippen LogP contribution in [0.4, 0.5) is 10.1 Å². The number of pyridine rings is 1. The van der Waals surface area contributed by atoms with Crippen LogP contribution in [0, 0.1) is 23.6 Å². The van der Waals surface area contributed by atoms with E-state index < -0.39 is 0 Å². The number of carbonyl (C=O) groups excluding carboxylic acids is 1. The average molecular weight is 407 g/mol. The van der Waals surface area contributed by atoms with Crippen molar-refractivity contribution in [2.24, 2.45) is 17.8 Å². The van der Waals surface area contributed by atoms with E-state index in [9.17, 15) is 9.18 Å². The molecule has 2 aromatic heterocycles. The summed E-state index contributed by atoms with van der Waals surface area (Å²) in [5, 5.41) is 0.855. The van der Waals surface area contributed by atoms with Gasteiger partial charge in [-0.2, -0.15) is 0 Å². The Kier molecular flexibility index (Phi) is 3.71. The molecule has 3 nitrogen and oxygen atoms in total. The molecule has 1 aromatic carbocycles. The minimum absolute atomic E-state index is 0.165. The van der Waals surface area contributed by atoms with E-state index in [0.29, 0.717) is 16.1 Å². The van der Waals surface area contributed by atoms with Gasteiger partial charge in [0.2, 0.25) is 5.78 Å². The lowest BCUT2D eigenvalue weighted by molar-refractivity contribution is -0.00704. The SMILES string of the molecule is Nc1c(C(=O)c2ccc(F)cc2)sc2nc(C34CC5CC(CC(C5)C3)C4)ccc12. The molecule has 3 aromatic rings. The standard InChI is InChI=1S/C24H23FN2OS/c25-17-3-1-16(2-4-17)21(28)22-20(26)18-5-6-19(27-23(18)29-22)24-10-13-7-14(11-24)9-15(8-13)12-24/h1-6,13-15H,7-12,26H2. The number of rotatable bonds is 3. The van der Waals surface area contributed by atoms with Crippen LogP contribution in [0.15, 0.2) is 36.4 Å². The van der Waals surface area contributed by atoms with Crippen LogP contribution >= 0.6 is 11.3 Å². The highest BCUT2D eigenvalue weighted by Crippen LogP contribution is 2.60. The first-order valence-electron chi connectivity index (χ1n) is 10.5. The molecule has 0 saturated heterocycles. The molecule has 4 aliphatic rings. The normalized spacial score (nSPS) is 30.2. The lowest BCUT2D eigenvalue weighted by Crippen LogP contribution is -2.48. The number of thiophene rings is 1. The number of fused-ring (bicyclic) bond motifs is 1. The van der Waals surface area contributed by atoms with Crippen LogP contribution in [-0.4, -0.2) is 10.8 Å². The summed E-state index contributed by atoms with van der Waals surface area (Å²) < 4.78 is 13.2. The van der Waals surface area contributed by atoms with Gasteiger partial charge < -0.3 is 5.73 Å². The number of nitrogens with two attached hydrogens (primary N) is 1. The second-order valence-corrected chi connectivity index (χ2v) is 10.4. The molecule has 0 radical (unpaired) electrons. The van der Waals surface area contributed by atoms with Crippen molar-refractivity contribution < 1.29 is 9.18 Å². The molecule has 0 atom stereocenters. The van der Waals surface area contributed by atoms with Crippen LogP contribution in [0.25, 0.3) is 10.2 Å². The molecule has 0 spiro atoms. The zero-order valence-electron chi connectivity index (χ0n) is 16.2. The Hall–Kier alpha value is -2.27. The number of nitrogens with zero attached hydrogens (tertiary/aromatic N) is 1. The van der Waals surface area contributed by atoms with Crippen LogP contribution in [0.2, 0.25) is 0 Å². The van der Waals surface area contributed by atoms with Gasteiger partial charge in [0.05, 0.1) is 5.69 Å². The van der Waals surface area contributed by atoms with Gasteiger partial charge in [0.15, 0.2) is 0 Å². The van der Waals surface area contributed by atoms with E-state index in [-0.39, 0.29) is 17.0 Å². The lowest BCUT2D eigenvalue weighted by Gasteiger charge is -2.56. The van der Waals surface area contributed by atoms with Crippen LogP contribution < -0.4 is 5.73 Å². The number of hydrogen-bond donors (Lipinski definition) is 1. The molecule has 4 fully saturated rings. The Morgan fingerprint density at radius 1 is 1.00 bits per heavy atom. The summed E-state index contributed by atoms with van der Waals surface area (Å²) in [6.07, 6.45) is 8.01. The minimum atomic E-state index is -0.354. The van der Waals surface area contributed by atoms with E-state index in [1.807, 2.05) is 0 Å². The van der Waals surface area contributed by atoms with Crippen molar-refractivity contribution in [1.82, 2.24) is 4.98 Å². The van der Waals surface area contributed by atoms with Crippen molar-refractivity contribution in [2.45, 2.75) is 43.9 Å². The predicted octanol–water partition coefficient (Wildman–Crippen LogP) is 5.72. The summed E-state index contributed by atoms with van der Waals surface area (Å²) >= 11 is 1.37. The number of hydrogen-bond acceptors (Lipinski definition) is 4. The summed E-state index contributed by atoms with van der Waals surface area (Å²) in [6, 6.07) is 9.85. The van der Waals surface area contributed by atoms with Crippen LogP contribution in [0.3, 0.4) is 0 Å². The topological polar surface area (TPSA) is 56.0 Å². The first-order valence-corrected chi connectivity index (χ1v) is 11.3. The van der Waals surface area contributed by atoms with Gasteiger partial charge in [-0.15, -0.1) is 11.3 Å². The Morgan fingerprint density at radius 3 is 2.24 bits per heavy atom. The molecule has 4 aliphatic carbocycles. The molecule has 2 N–H and O–H groups in total. The second kappa shape index (κ2) is 6.11. The lowest BCUT2D eigenvalue weighted by atomic mass is 9.49. The first kappa shape index (κ1) is 17.6. The largest absolute Gasteiger partial charge is 0.397 e. The maximum Gasteiger partial charge on any atom is 0.205 e. The summed E-state index contributed by atoms with van der Waals surface area (Å²) in [5.74, 6) is 2.07. The van der Waals surface area contributed by atoms with Gasteiger partial charge >= 0.3 is 0 Å². The molecule has 7 rings (SSSR count). The van der Waals surface area contributed by atoms with Crippen molar-refractivity contribution in [2.75, 3.05) is 5.73 Å². The monoisotopic (exact) mass is 406 g/mol. The maximum atomic E-state index is 13.2. The predicted molar refractivity (Wildman–Crippen MR) is 114 cm³/mol. The fraction of sp³-hybridized carbons (Fsp3) is 0.417. The highest BCUT2D eigenvalue weighted by Gasteiger charge is 2.52. The summed E-state index contributed by atoms with van der Waals surface area (Å²) in [4.78, 5) is 19.3. The van der Waals surface area contributed by atoms with E-state index in [1.165, 1.54) is 79.8 Å². The number of benzene rings is 1. The first-order chi connectivity index (χ1) is 14.0. The maximum absolute atomic E-state index is 13.2. The Balaban J connectivity index is 1.40. The fourth-order valence-electron chi connectivity index (χ4n) is 6.62. The van der Waals surface area contributed by atoms with E-state index in [1.54, 1.807) is 0 Å². The second-order valence-electron chi connectivity index (χ2n) is 9.43. The van der Waals surface area contributed by atoms with Crippen LogP contribution in [-0.2, 0) is 5.41 Å². The zero-order chi connectivity index (χ0) is 19.8. The number of aromatic nitrogens is 1. The van der Waals surface area contributed by atoms with E-state index in [2.05, 4.69) is 12.1 Å². The van der Waals surface area contributed by atoms with Gasteiger partial charge in [0.25, 0.3) is 0 Å². The molecule has 2 heterocycles. The van der Waals surface area contributed by atoms with Crippen LogP contribution in [0.1, 0.15) is 59.5 Å². The van der Waals surface area contributed by atoms with Gasteiger partial charge in [0, 0.05) is 22.1 Å². The van der Waals surface area contributed by atoms with Crippen molar-refractivity contribution in [3.63, 3.8) is 0 Å². The van der Waals surface area contributed by atoms with Crippen molar-refractivity contribution in [3.8, 4) is 0 Å². The molecule has 0 unspecified atom stereocenters. The number of anilines is 1. The van der Waals surface area contributed by atoms with Gasteiger partial charge in [-0.1, -0.05) is 0 Å². The molecular formula is C24H23FN2OS. The average Bonchev–Trinajstić information content (AvgIpc) is 3.03. The molecule has 0 amide bonds. The number of carbonyl (C=O) groups is 1. The van der Waals surface area contributed by atoms with Gasteiger partial charge in [-0.3, -0.25) is 4.79 Å². The Morgan fingerprint density at radius 2 is 1.62 bits per heavy atom. The van der Waals surface area contributed by atoms with Crippen molar-refractivity contribution in [3.05, 3.63) is 58.3 Å².